The Bertz CT molecular complexity index is 588. The van der Waals surface area contributed by atoms with Crippen molar-refractivity contribution in [3.8, 4) is 5.69 Å². The van der Waals surface area contributed by atoms with Crippen molar-refractivity contribution in [2.45, 2.75) is 24.9 Å². The Hall–Kier alpha value is -1.60. The zero-order valence-electron chi connectivity index (χ0n) is 11.5. The van der Waals surface area contributed by atoms with Crippen LogP contribution in [-0.4, -0.2) is 38.5 Å². The molecule has 1 aromatic carbocycles. The van der Waals surface area contributed by atoms with Gasteiger partial charge in [0.2, 0.25) is 5.16 Å². The van der Waals surface area contributed by atoms with Gasteiger partial charge in [-0.05, 0) is 48.0 Å². The first-order valence-corrected chi connectivity index (χ1v) is 7.90. The molecular formula is C13H15ClN4O2S. The summed E-state index contributed by atoms with van der Waals surface area (Å²) in [4.78, 5) is 11.2. The molecule has 112 valence electrons. The zero-order valence-corrected chi connectivity index (χ0v) is 13.1. The monoisotopic (exact) mass is 326 g/mol. The zero-order chi connectivity index (χ0) is 15.1. The highest BCUT2D eigenvalue weighted by molar-refractivity contribution is 7.99. The molecule has 0 radical (unpaired) electrons. The van der Waals surface area contributed by atoms with Gasteiger partial charge in [-0.15, -0.1) is 5.10 Å². The lowest BCUT2D eigenvalue weighted by atomic mass is 10.3. The minimum Gasteiger partial charge on any atom is -0.466 e. The summed E-state index contributed by atoms with van der Waals surface area (Å²) < 4.78 is 6.52. The Morgan fingerprint density at radius 3 is 2.86 bits per heavy atom. The molecule has 0 unspecified atom stereocenters. The summed E-state index contributed by atoms with van der Waals surface area (Å²) in [7, 11) is 0. The van der Waals surface area contributed by atoms with Crippen LogP contribution < -0.4 is 0 Å². The standard InChI is InChI=1S/C13H15ClN4O2S/c1-2-20-12(19)4-3-9-21-13-15-16-17-18(13)11-7-5-10(14)6-8-11/h5-8H,2-4,9H2,1H3. The molecule has 0 fully saturated rings. The van der Waals surface area contributed by atoms with E-state index in [1.807, 2.05) is 12.1 Å². The van der Waals surface area contributed by atoms with Crippen LogP contribution in [0.3, 0.4) is 0 Å². The van der Waals surface area contributed by atoms with E-state index in [9.17, 15) is 4.79 Å². The maximum absolute atomic E-state index is 11.2. The second kappa shape index (κ2) is 7.99. The molecule has 0 spiro atoms. The van der Waals surface area contributed by atoms with E-state index in [2.05, 4.69) is 15.5 Å². The van der Waals surface area contributed by atoms with Crippen LogP contribution in [0.1, 0.15) is 19.8 Å². The van der Waals surface area contributed by atoms with Crippen LogP contribution in [0.2, 0.25) is 5.02 Å². The molecule has 0 aliphatic heterocycles. The molecule has 0 N–H and O–H groups in total. The number of tetrazole rings is 1. The van der Waals surface area contributed by atoms with Crippen molar-refractivity contribution in [2.24, 2.45) is 0 Å². The van der Waals surface area contributed by atoms with Crippen molar-refractivity contribution < 1.29 is 9.53 Å². The fraction of sp³-hybridized carbons (Fsp3) is 0.385. The lowest BCUT2D eigenvalue weighted by Crippen LogP contribution is -2.04. The number of hydrogen-bond acceptors (Lipinski definition) is 6. The molecule has 21 heavy (non-hydrogen) atoms. The van der Waals surface area contributed by atoms with E-state index in [1.54, 1.807) is 23.7 Å². The van der Waals surface area contributed by atoms with Crippen molar-refractivity contribution in [3.05, 3.63) is 29.3 Å². The van der Waals surface area contributed by atoms with Crippen LogP contribution in [-0.2, 0) is 9.53 Å². The van der Waals surface area contributed by atoms with Crippen LogP contribution in [0, 0.1) is 0 Å². The van der Waals surface area contributed by atoms with Crippen LogP contribution in [0.4, 0.5) is 0 Å². The third-order valence-corrected chi connectivity index (χ3v) is 3.83. The summed E-state index contributed by atoms with van der Waals surface area (Å²) in [6.07, 6.45) is 1.13. The predicted octanol–water partition coefficient (Wildman–Crippen LogP) is 2.75. The van der Waals surface area contributed by atoms with Gasteiger partial charge in [0, 0.05) is 17.2 Å². The van der Waals surface area contributed by atoms with E-state index in [0.717, 1.165) is 17.9 Å². The van der Waals surface area contributed by atoms with Crippen LogP contribution in [0.5, 0.6) is 0 Å². The Labute approximate surface area is 131 Å². The van der Waals surface area contributed by atoms with Gasteiger partial charge >= 0.3 is 5.97 Å². The van der Waals surface area contributed by atoms with E-state index in [1.165, 1.54) is 11.8 Å². The van der Waals surface area contributed by atoms with Gasteiger partial charge in [0.15, 0.2) is 0 Å². The van der Waals surface area contributed by atoms with Crippen molar-refractivity contribution in [1.29, 1.82) is 0 Å². The topological polar surface area (TPSA) is 69.9 Å². The minimum atomic E-state index is -0.171. The number of carbonyl (C=O) groups excluding carboxylic acids is 1. The first-order valence-electron chi connectivity index (χ1n) is 6.53. The van der Waals surface area contributed by atoms with Gasteiger partial charge in [-0.1, -0.05) is 23.4 Å². The maximum atomic E-state index is 11.2. The molecule has 0 bridgehead atoms. The fourth-order valence-corrected chi connectivity index (χ4v) is 2.58. The first kappa shape index (κ1) is 15.8. The highest BCUT2D eigenvalue weighted by Gasteiger charge is 2.09. The van der Waals surface area contributed by atoms with Gasteiger partial charge < -0.3 is 4.74 Å². The number of esters is 1. The molecule has 0 atom stereocenters. The summed E-state index contributed by atoms with van der Waals surface area (Å²) in [5, 5.41) is 13.0. The Morgan fingerprint density at radius 2 is 2.14 bits per heavy atom. The second-order valence-electron chi connectivity index (χ2n) is 4.11. The average molecular weight is 327 g/mol. The normalized spacial score (nSPS) is 10.6. The molecule has 1 aromatic heterocycles. The third kappa shape index (κ3) is 4.71. The van der Waals surface area contributed by atoms with Crippen LogP contribution in [0.15, 0.2) is 29.4 Å². The summed E-state index contributed by atoms with van der Waals surface area (Å²) in [5.74, 6) is 0.572. The third-order valence-electron chi connectivity index (χ3n) is 2.57. The number of carbonyl (C=O) groups is 1. The molecule has 6 nitrogen and oxygen atoms in total. The van der Waals surface area contributed by atoms with Crippen molar-refractivity contribution in [2.75, 3.05) is 12.4 Å². The van der Waals surface area contributed by atoms with E-state index in [0.29, 0.717) is 23.2 Å². The van der Waals surface area contributed by atoms with Crippen molar-refractivity contribution in [3.63, 3.8) is 0 Å². The Kier molecular flexibility index (Phi) is 6.01. The number of aromatic nitrogens is 4. The molecule has 0 saturated carbocycles. The van der Waals surface area contributed by atoms with Crippen LogP contribution >= 0.6 is 23.4 Å². The molecule has 2 rings (SSSR count). The second-order valence-corrected chi connectivity index (χ2v) is 5.61. The fourth-order valence-electron chi connectivity index (χ4n) is 1.63. The quantitative estimate of drug-likeness (QED) is 0.442. The number of hydrogen-bond donors (Lipinski definition) is 0. The lowest BCUT2D eigenvalue weighted by Gasteiger charge is -2.04. The molecular weight excluding hydrogens is 312 g/mol. The largest absolute Gasteiger partial charge is 0.466 e. The predicted molar refractivity (Wildman–Crippen MR) is 80.8 cm³/mol. The number of nitrogens with zero attached hydrogens (tertiary/aromatic N) is 4. The molecule has 8 heteroatoms. The summed E-state index contributed by atoms with van der Waals surface area (Å²) in [5.41, 5.74) is 0.845. The number of benzene rings is 1. The van der Waals surface area contributed by atoms with Crippen LogP contribution in [0.25, 0.3) is 5.69 Å². The van der Waals surface area contributed by atoms with Gasteiger partial charge in [-0.3, -0.25) is 4.79 Å². The van der Waals surface area contributed by atoms with Gasteiger partial charge in [0.05, 0.1) is 12.3 Å². The Morgan fingerprint density at radius 1 is 1.38 bits per heavy atom. The molecule has 1 heterocycles. The van der Waals surface area contributed by atoms with Gasteiger partial charge in [-0.25, -0.2) is 0 Å². The maximum Gasteiger partial charge on any atom is 0.305 e. The average Bonchev–Trinajstić information content (AvgIpc) is 2.93. The number of rotatable bonds is 7. The number of halogens is 1. The van der Waals surface area contributed by atoms with E-state index < -0.39 is 0 Å². The molecule has 0 aliphatic carbocycles. The smallest absolute Gasteiger partial charge is 0.305 e. The van der Waals surface area contributed by atoms with E-state index in [-0.39, 0.29) is 5.97 Å². The summed E-state index contributed by atoms with van der Waals surface area (Å²) in [6, 6.07) is 7.27. The van der Waals surface area contributed by atoms with E-state index >= 15 is 0 Å². The van der Waals surface area contributed by atoms with E-state index in [4.69, 9.17) is 16.3 Å². The highest BCUT2D eigenvalue weighted by Crippen LogP contribution is 2.20. The molecule has 0 amide bonds. The number of ether oxygens (including phenoxy) is 1. The lowest BCUT2D eigenvalue weighted by molar-refractivity contribution is -0.143. The summed E-state index contributed by atoms with van der Waals surface area (Å²) >= 11 is 7.36. The molecule has 2 aromatic rings. The van der Waals surface area contributed by atoms with Gasteiger partial charge in [0.25, 0.3) is 0 Å². The Balaban J connectivity index is 1.89. The SMILES string of the molecule is CCOC(=O)CCCSc1nnnn1-c1ccc(Cl)cc1. The first-order chi connectivity index (χ1) is 10.2. The minimum absolute atomic E-state index is 0.171. The van der Waals surface area contributed by atoms with Crippen molar-refractivity contribution >= 4 is 29.3 Å². The van der Waals surface area contributed by atoms with Gasteiger partial charge in [0.1, 0.15) is 0 Å². The highest BCUT2D eigenvalue weighted by atomic mass is 35.5. The molecule has 0 aliphatic rings. The summed E-state index contributed by atoms with van der Waals surface area (Å²) in [6.45, 7) is 2.22. The van der Waals surface area contributed by atoms with Crippen molar-refractivity contribution in [1.82, 2.24) is 20.2 Å². The molecule has 0 saturated heterocycles. The number of thioether (sulfide) groups is 1. The van der Waals surface area contributed by atoms with Gasteiger partial charge in [-0.2, -0.15) is 4.68 Å².